The van der Waals surface area contributed by atoms with Crippen LogP contribution < -0.4 is 0 Å². The highest BCUT2D eigenvalue weighted by molar-refractivity contribution is 5.95. The van der Waals surface area contributed by atoms with Crippen LogP contribution >= 0.6 is 0 Å². The molecular formula is C11H16O2. The summed E-state index contributed by atoms with van der Waals surface area (Å²) < 4.78 is 5.52. The molecule has 0 aliphatic heterocycles. The molecule has 2 nitrogen and oxygen atoms in total. The summed E-state index contributed by atoms with van der Waals surface area (Å²) in [6, 6.07) is 1.84. The molecule has 0 aromatic carbocycles. The third-order valence-corrected chi connectivity index (χ3v) is 2.04. The molecule has 1 heterocycles. The molecule has 13 heavy (non-hydrogen) atoms. The van der Waals surface area contributed by atoms with Crippen LogP contribution in [0.15, 0.2) is 10.5 Å². The number of hydrogen-bond acceptors (Lipinski definition) is 2. The quantitative estimate of drug-likeness (QED) is 0.622. The maximum atomic E-state index is 11.1. The van der Waals surface area contributed by atoms with Crippen LogP contribution in [0.2, 0.25) is 0 Å². The van der Waals surface area contributed by atoms with Gasteiger partial charge in [0.2, 0.25) is 0 Å². The van der Waals surface area contributed by atoms with Crippen molar-refractivity contribution in [1.82, 2.24) is 0 Å². The van der Waals surface area contributed by atoms with Crippen molar-refractivity contribution in [2.45, 2.75) is 40.0 Å². The molecule has 0 N–H and O–H groups in total. The molecule has 0 radical (unpaired) electrons. The van der Waals surface area contributed by atoms with Gasteiger partial charge in [0.15, 0.2) is 5.78 Å². The molecule has 2 heteroatoms. The average Bonchev–Trinajstić information content (AvgIpc) is 2.29. The normalized spacial score (nSPS) is 11.8. The van der Waals surface area contributed by atoms with Gasteiger partial charge in [0.05, 0.1) is 5.56 Å². The van der Waals surface area contributed by atoms with Crippen LogP contribution in [-0.4, -0.2) is 5.78 Å². The first-order valence-corrected chi connectivity index (χ1v) is 4.44. The first kappa shape index (κ1) is 10.0. The zero-order chi connectivity index (χ0) is 10.2. The summed E-state index contributed by atoms with van der Waals surface area (Å²) in [5.41, 5.74) is 0.670. The van der Waals surface area contributed by atoms with Crippen LogP contribution in [0.5, 0.6) is 0 Å². The molecule has 1 aromatic heterocycles. The Bertz CT molecular complexity index is 326. The van der Waals surface area contributed by atoms with Crippen molar-refractivity contribution in [3.63, 3.8) is 0 Å². The zero-order valence-corrected chi connectivity index (χ0v) is 8.89. The minimum Gasteiger partial charge on any atom is -0.465 e. The molecule has 0 unspecified atom stereocenters. The molecule has 0 saturated heterocycles. The Labute approximate surface area is 78.9 Å². The summed E-state index contributed by atoms with van der Waals surface area (Å²) in [5.74, 6) is 1.66. The first-order chi connectivity index (χ1) is 5.82. The summed E-state index contributed by atoms with van der Waals surface area (Å²) in [4.78, 5) is 11.1. The smallest absolute Gasteiger partial charge is 0.163 e. The number of ketones is 1. The third-order valence-electron chi connectivity index (χ3n) is 2.04. The molecule has 0 amide bonds. The molecule has 1 rings (SSSR count). The predicted molar refractivity (Wildman–Crippen MR) is 52.1 cm³/mol. The first-order valence-electron chi connectivity index (χ1n) is 4.44. The topological polar surface area (TPSA) is 30.2 Å². The SMILES string of the molecule is CC(=O)c1cc(C(C)(C)C)oc1C. The van der Waals surface area contributed by atoms with Crippen LogP contribution in [0.4, 0.5) is 0 Å². The number of carbonyl (C=O) groups excluding carboxylic acids is 1. The average molecular weight is 180 g/mol. The lowest BCUT2D eigenvalue weighted by Crippen LogP contribution is -2.09. The van der Waals surface area contributed by atoms with Gasteiger partial charge >= 0.3 is 0 Å². The summed E-state index contributed by atoms with van der Waals surface area (Å²) in [5, 5.41) is 0. The Morgan fingerprint density at radius 3 is 2.15 bits per heavy atom. The molecule has 0 fully saturated rings. The molecule has 0 aliphatic rings. The lowest BCUT2D eigenvalue weighted by molar-refractivity contribution is 0.101. The van der Waals surface area contributed by atoms with Gasteiger partial charge in [0.1, 0.15) is 11.5 Å². The van der Waals surface area contributed by atoms with Crippen molar-refractivity contribution >= 4 is 5.78 Å². The Balaban J connectivity index is 3.17. The van der Waals surface area contributed by atoms with Gasteiger partial charge in [-0.25, -0.2) is 0 Å². The maximum absolute atomic E-state index is 11.1. The fourth-order valence-corrected chi connectivity index (χ4v) is 1.20. The highest BCUT2D eigenvalue weighted by Crippen LogP contribution is 2.26. The monoisotopic (exact) mass is 180 g/mol. The van der Waals surface area contributed by atoms with E-state index in [1.807, 2.05) is 13.0 Å². The number of rotatable bonds is 1. The standard InChI is InChI=1S/C11H16O2/c1-7(12)9-6-10(11(3,4)5)13-8(9)2/h6H,1-5H3. The fourth-order valence-electron chi connectivity index (χ4n) is 1.20. The second-order valence-electron chi connectivity index (χ2n) is 4.39. The van der Waals surface area contributed by atoms with Crippen molar-refractivity contribution < 1.29 is 9.21 Å². The van der Waals surface area contributed by atoms with Crippen molar-refractivity contribution in [2.24, 2.45) is 0 Å². The van der Waals surface area contributed by atoms with E-state index in [9.17, 15) is 4.79 Å². The molecule has 0 saturated carbocycles. The van der Waals surface area contributed by atoms with Crippen molar-refractivity contribution in [3.05, 3.63) is 23.2 Å². The highest BCUT2D eigenvalue weighted by atomic mass is 16.3. The van der Waals surface area contributed by atoms with Crippen LogP contribution in [0, 0.1) is 6.92 Å². The van der Waals surface area contributed by atoms with Gasteiger partial charge in [-0.15, -0.1) is 0 Å². The van der Waals surface area contributed by atoms with Crippen LogP contribution in [0.25, 0.3) is 0 Å². The Hall–Kier alpha value is -1.05. The predicted octanol–water partition coefficient (Wildman–Crippen LogP) is 3.09. The van der Waals surface area contributed by atoms with Gasteiger partial charge in [-0.3, -0.25) is 4.79 Å². The second kappa shape index (κ2) is 3.02. The van der Waals surface area contributed by atoms with E-state index in [0.29, 0.717) is 5.56 Å². The highest BCUT2D eigenvalue weighted by Gasteiger charge is 2.21. The van der Waals surface area contributed by atoms with E-state index in [2.05, 4.69) is 20.8 Å². The van der Waals surface area contributed by atoms with Crippen LogP contribution in [-0.2, 0) is 5.41 Å². The van der Waals surface area contributed by atoms with E-state index in [1.54, 1.807) is 6.92 Å². The summed E-state index contributed by atoms with van der Waals surface area (Å²) in [6.45, 7) is 9.58. The van der Waals surface area contributed by atoms with E-state index >= 15 is 0 Å². The molecule has 0 spiro atoms. The van der Waals surface area contributed by atoms with Gasteiger partial charge in [-0.2, -0.15) is 0 Å². The van der Waals surface area contributed by atoms with E-state index in [0.717, 1.165) is 11.5 Å². The molecule has 0 bridgehead atoms. The molecule has 0 atom stereocenters. The number of furan rings is 1. The Morgan fingerprint density at radius 2 is 1.92 bits per heavy atom. The van der Waals surface area contributed by atoms with Crippen molar-refractivity contribution in [1.29, 1.82) is 0 Å². The summed E-state index contributed by atoms with van der Waals surface area (Å²) in [6.07, 6.45) is 0. The second-order valence-corrected chi connectivity index (χ2v) is 4.39. The number of carbonyl (C=O) groups is 1. The van der Waals surface area contributed by atoms with E-state index < -0.39 is 0 Å². The van der Waals surface area contributed by atoms with Gasteiger partial charge in [0, 0.05) is 5.41 Å². The molecule has 72 valence electrons. The lowest BCUT2D eigenvalue weighted by Gasteiger charge is -2.13. The fraction of sp³-hybridized carbons (Fsp3) is 0.545. The number of hydrogen-bond donors (Lipinski definition) is 0. The number of aryl methyl sites for hydroxylation is 1. The lowest BCUT2D eigenvalue weighted by atomic mass is 9.93. The third kappa shape index (κ3) is 2.00. The summed E-state index contributed by atoms with van der Waals surface area (Å²) >= 11 is 0. The van der Waals surface area contributed by atoms with Gasteiger partial charge in [-0.05, 0) is 19.9 Å². The molecule has 0 aliphatic carbocycles. The Kier molecular flexibility index (Phi) is 2.33. The minimum absolute atomic E-state index is 0.0293. The largest absolute Gasteiger partial charge is 0.465 e. The Morgan fingerprint density at radius 1 is 1.38 bits per heavy atom. The van der Waals surface area contributed by atoms with E-state index in [1.165, 1.54) is 0 Å². The molecular weight excluding hydrogens is 164 g/mol. The van der Waals surface area contributed by atoms with Crippen molar-refractivity contribution in [3.8, 4) is 0 Å². The van der Waals surface area contributed by atoms with Crippen LogP contribution in [0.1, 0.15) is 49.6 Å². The van der Waals surface area contributed by atoms with Gasteiger partial charge in [-0.1, -0.05) is 20.8 Å². The zero-order valence-electron chi connectivity index (χ0n) is 8.89. The van der Waals surface area contributed by atoms with Gasteiger partial charge < -0.3 is 4.42 Å². The minimum atomic E-state index is -0.0293. The molecule has 1 aromatic rings. The van der Waals surface area contributed by atoms with Crippen molar-refractivity contribution in [2.75, 3.05) is 0 Å². The maximum Gasteiger partial charge on any atom is 0.163 e. The van der Waals surface area contributed by atoms with Gasteiger partial charge in [0.25, 0.3) is 0 Å². The summed E-state index contributed by atoms with van der Waals surface area (Å²) in [7, 11) is 0. The van der Waals surface area contributed by atoms with Crippen LogP contribution in [0.3, 0.4) is 0 Å². The number of Topliss-reactive ketones (excluding diaryl/α,β-unsaturated/α-hetero) is 1. The van der Waals surface area contributed by atoms with E-state index in [4.69, 9.17) is 4.42 Å². The van der Waals surface area contributed by atoms with E-state index in [-0.39, 0.29) is 11.2 Å².